The van der Waals surface area contributed by atoms with Crippen molar-refractivity contribution in [2.75, 3.05) is 26.2 Å². The molecule has 5 rings (SSSR count). The molecule has 0 radical (unpaired) electrons. The molecule has 0 bridgehead atoms. The number of hydrogen-bond acceptors (Lipinski definition) is 5. The number of carbonyl (C=O) groups excluding carboxylic acids is 1. The van der Waals surface area contributed by atoms with Crippen molar-refractivity contribution in [2.24, 2.45) is 11.8 Å². The third-order valence-corrected chi connectivity index (χ3v) is 8.06. The summed E-state index contributed by atoms with van der Waals surface area (Å²) in [5.41, 5.74) is 1.03. The van der Waals surface area contributed by atoms with Gasteiger partial charge in [0.05, 0.1) is 21.3 Å². The number of fused-ring (bicyclic) bond motifs is 2. The van der Waals surface area contributed by atoms with Gasteiger partial charge >= 0.3 is 0 Å². The lowest BCUT2D eigenvalue weighted by molar-refractivity contribution is -0.130. The highest BCUT2D eigenvalue weighted by Crippen LogP contribution is 2.39. The molecule has 4 atom stereocenters. The molecule has 28 heavy (non-hydrogen) atoms. The van der Waals surface area contributed by atoms with Crippen LogP contribution in [0.15, 0.2) is 24.3 Å². The van der Waals surface area contributed by atoms with E-state index in [1.165, 1.54) is 17.5 Å². The summed E-state index contributed by atoms with van der Waals surface area (Å²) in [6, 6.07) is 8.47. The Hall–Kier alpha value is -1.50. The summed E-state index contributed by atoms with van der Waals surface area (Å²) >= 11 is 1.70. The van der Waals surface area contributed by atoms with Gasteiger partial charge in [0, 0.05) is 32.0 Å². The second kappa shape index (κ2) is 7.73. The normalized spacial score (nSPS) is 30.8. The van der Waals surface area contributed by atoms with E-state index in [0.29, 0.717) is 24.3 Å². The zero-order chi connectivity index (χ0) is 19.1. The molecule has 1 saturated carbocycles. The molecular formula is C22H29N3O2S. The Morgan fingerprint density at radius 1 is 1.14 bits per heavy atom. The summed E-state index contributed by atoms with van der Waals surface area (Å²) in [5.74, 6) is 1.28. The minimum absolute atomic E-state index is 0.225. The molecule has 2 saturated heterocycles. The maximum absolute atomic E-state index is 12.8. The summed E-state index contributed by atoms with van der Waals surface area (Å²) in [6.45, 7) is 3.96. The second-order valence-corrected chi connectivity index (χ2v) is 9.86. The fourth-order valence-electron chi connectivity index (χ4n) is 5.48. The smallest absolute Gasteiger partial charge is 0.223 e. The number of hydrogen-bond donors (Lipinski definition) is 1. The standard InChI is InChI=1S/C22H29N3O2S/c26-19-12-16-14-25(13-15(16)11-18(19)24-9-3-4-10-24)22(27)8-7-21-23-17-5-1-2-6-20(17)28-21/h1-2,5-6,15-16,18-19,26H,3-4,7-14H2/t15-,16+,18-,19-/m1/s1. The third kappa shape index (κ3) is 3.58. The SMILES string of the molecule is O=C(CCc1nc2ccccc2s1)N1C[C@H]2C[C@@H](N3CCCC3)[C@H](O)C[C@H]2C1. The van der Waals surface area contributed by atoms with E-state index in [1.807, 2.05) is 18.2 Å². The van der Waals surface area contributed by atoms with Crippen LogP contribution in [0.25, 0.3) is 10.2 Å². The van der Waals surface area contributed by atoms with Crippen molar-refractivity contribution < 1.29 is 9.90 Å². The molecule has 3 heterocycles. The Labute approximate surface area is 170 Å². The van der Waals surface area contributed by atoms with Gasteiger partial charge in [-0.2, -0.15) is 0 Å². The highest BCUT2D eigenvalue weighted by molar-refractivity contribution is 7.18. The minimum Gasteiger partial charge on any atom is -0.391 e. The maximum Gasteiger partial charge on any atom is 0.223 e. The lowest BCUT2D eigenvalue weighted by Gasteiger charge is -2.40. The molecule has 1 aromatic heterocycles. The number of amides is 1. The van der Waals surface area contributed by atoms with Gasteiger partial charge < -0.3 is 10.0 Å². The fraction of sp³-hybridized carbons (Fsp3) is 0.636. The minimum atomic E-state index is -0.225. The van der Waals surface area contributed by atoms with Gasteiger partial charge in [0.2, 0.25) is 5.91 Å². The van der Waals surface area contributed by atoms with Crippen molar-refractivity contribution in [1.29, 1.82) is 0 Å². The summed E-state index contributed by atoms with van der Waals surface area (Å²) < 4.78 is 1.19. The number of rotatable bonds is 4. The highest BCUT2D eigenvalue weighted by atomic mass is 32.1. The number of nitrogens with zero attached hydrogens (tertiary/aromatic N) is 3. The Kier molecular flexibility index (Phi) is 5.11. The molecule has 3 fully saturated rings. The number of carbonyl (C=O) groups is 1. The van der Waals surface area contributed by atoms with Crippen LogP contribution in [0.5, 0.6) is 0 Å². The number of benzene rings is 1. The average molecular weight is 400 g/mol. The van der Waals surface area contributed by atoms with Crippen molar-refractivity contribution in [3.05, 3.63) is 29.3 Å². The van der Waals surface area contributed by atoms with E-state index in [1.54, 1.807) is 11.3 Å². The summed E-state index contributed by atoms with van der Waals surface area (Å²) in [4.78, 5) is 22.0. The van der Waals surface area contributed by atoms with Gasteiger partial charge in [0.1, 0.15) is 0 Å². The number of likely N-dealkylation sites (tertiary alicyclic amines) is 2. The molecule has 2 aliphatic heterocycles. The first-order chi connectivity index (χ1) is 13.7. The van der Waals surface area contributed by atoms with E-state index in [4.69, 9.17) is 0 Å². The molecule has 0 spiro atoms. The van der Waals surface area contributed by atoms with Gasteiger partial charge in [0.15, 0.2) is 0 Å². The van der Waals surface area contributed by atoms with E-state index in [9.17, 15) is 9.90 Å². The average Bonchev–Trinajstić information content (AvgIpc) is 3.43. The molecule has 1 aliphatic carbocycles. The quantitative estimate of drug-likeness (QED) is 0.859. The first-order valence-electron chi connectivity index (χ1n) is 10.7. The zero-order valence-electron chi connectivity index (χ0n) is 16.3. The van der Waals surface area contributed by atoms with Crippen molar-refractivity contribution in [1.82, 2.24) is 14.8 Å². The monoisotopic (exact) mass is 399 g/mol. The molecule has 1 aromatic carbocycles. The van der Waals surface area contributed by atoms with E-state index < -0.39 is 0 Å². The van der Waals surface area contributed by atoms with Crippen LogP contribution in [0, 0.1) is 11.8 Å². The van der Waals surface area contributed by atoms with Crippen LogP contribution < -0.4 is 0 Å². The van der Waals surface area contributed by atoms with Crippen LogP contribution in [0.4, 0.5) is 0 Å². The number of thiazole rings is 1. The first kappa shape index (κ1) is 18.5. The van der Waals surface area contributed by atoms with Gasteiger partial charge in [-0.3, -0.25) is 9.69 Å². The van der Waals surface area contributed by atoms with Gasteiger partial charge in [-0.1, -0.05) is 12.1 Å². The van der Waals surface area contributed by atoms with Gasteiger partial charge in [-0.25, -0.2) is 4.98 Å². The second-order valence-electron chi connectivity index (χ2n) is 8.74. The lowest BCUT2D eigenvalue weighted by atomic mass is 9.77. The van der Waals surface area contributed by atoms with Crippen molar-refractivity contribution in [2.45, 2.75) is 50.7 Å². The molecular weight excluding hydrogens is 370 g/mol. The van der Waals surface area contributed by atoms with E-state index >= 15 is 0 Å². The maximum atomic E-state index is 12.8. The lowest BCUT2D eigenvalue weighted by Crippen LogP contribution is -2.48. The molecule has 6 heteroatoms. The molecule has 1 amide bonds. The van der Waals surface area contributed by atoms with Crippen molar-refractivity contribution in [3.63, 3.8) is 0 Å². The zero-order valence-corrected chi connectivity index (χ0v) is 17.1. The summed E-state index contributed by atoms with van der Waals surface area (Å²) in [6.07, 6.45) is 5.46. The van der Waals surface area contributed by atoms with Gasteiger partial charge in [-0.05, 0) is 62.7 Å². The van der Waals surface area contributed by atoms with E-state index in [2.05, 4.69) is 20.9 Å². The Bertz CT molecular complexity index is 814. The number of aromatic nitrogens is 1. The molecule has 5 nitrogen and oxygen atoms in total. The van der Waals surface area contributed by atoms with E-state index in [0.717, 1.165) is 56.0 Å². The predicted molar refractivity (Wildman–Crippen MR) is 111 cm³/mol. The topological polar surface area (TPSA) is 56.7 Å². The Balaban J connectivity index is 1.18. The number of para-hydroxylation sites is 1. The molecule has 2 aromatic rings. The number of aliphatic hydroxyl groups excluding tert-OH is 1. The largest absolute Gasteiger partial charge is 0.391 e. The third-order valence-electron chi connectivity index (χ3n) is 6.96. The van der Waals surface area contributed by atoms with Crippen molar-refractivity contribution in [3.8, 4) is 0 Å². The molecule has 1 N–H and O–H groups in total. The molecule has 0 unspecified atom stereocenters. The Morgan fingerprint density at radius 3 is 2.68 bits per heavy atom. The van der Waals surface area contributed by atoms with Crippen LogP contribution in [-0.2, 0) is 11.2 Å². The summed E-state index contributed by atoms with van der Waals surface area (Å²) in [7, 11) is 0. The summed E-state index contributed by atoms with van der Waals surface area (Å²) in [5, 5.41) is 11.7. The fourth-order valence-corrected chi connectivity index (χ4v) is 6.44. The van der Waals surface area contributed by atoms with Crippen molar-refractivity contribution >= 4 is 27.5 Å². The van der Waals surface area contributed by atoms with Crippen LogP contribution in [0.3, 0.4) is 0 Å². The number of aliphatic hydroxyl groups is 1. The van der Waals surface area contributed by atoms with Gasteiger partial charge in [-0.15, -0.1) is 11.3 Å². The van der Waals surface area contributed by atoms with E-state index in [-0.39, 0.29) is 12.0 Å². The number of aryl methyl sites for hydroxylation is 1. The molecule has 150 valence electrons. The van der Waals surface area contributed by atoms with Crippen LogP contribution in [0.2, 0.25) is 0 Å². The predicted octanol–water partition coefficient (Wildman–Crippen LogP) is 2.92. The van der Waals surface area contributed by atoms with Gasteiger partial charge in [0.25, 0.3) is 0 Å². The van der Waals surface area contributed by atoms with Crippen LogP contribution in [-0.4, -0.2) is 64.1 Å². The first-order valence-corrected chi connectivity index (χ1v) is 11.5. The Morgan fingerprint density at radius 2 is 1.89 bits per heavy atom. The van der Waals surface area contributed by atoms with Crippen LogP contribution >= 0.6 is 11.3 Å². The highest BCUT2D eigenvalue weighted by Gasteiger charge is 2.44. The molecule has 3 aliphatic rings. The van der Waals surface area contributed by atoms with Crippen LogP contribution in [0.1, 0.15) is 37.1 Å².